The standard InChI is InChI=1S/C20H21N5O3/c1-25-11-16(10-23-25)17-6-14-7-18(22-9-15(14)8-21-17)24-19(26)12-2-4-13(5-3-12)20(27)28/h6-13H,2-5H2,1H3,(H,27,28)(H,22,24,26)/t12-,13-. The van der Waals surface area contributed by atoms with Gasteiger partial charge in [0.2, 0.25) is 5.91 Å². The van der Waals surface area contributed by atoms with E-state index in [0.29, 0.717) is 31.5 Å². The summed E-state index contributed by atoms with van der Waals surface area (Å²) in [6, 6.07) is 3.78. The number of fused-ring (bicyclic) bond motifs is 1. The maximum absolute atomic E-state index is 12.5. The molecule has 0 atom stereocenters. The van der Waals surface area contributed by atoms with Gasteiger partial charge in [-0.1, -0.05) is 0 Å². The lowest BCUT2D eigenvalue weighted by Crippen LogP contribution is -2.29. The molecule has 8 nitrogen and oxygen atoms in total. The largest absolute Gasteiger partial charge is 0.481 e. The van der Waals surface area contributed by atoms with E-state index < -0.39 is 5.97 Å². The number of nitrogens with zero attached hydrogens (tertiary/aromatic N) is 4. The highest BCUT2D eigenvalue weighted by molar-refractivity contribution is 5.94. The molecule has 1 amide bonds. The predicted molar refractivity (Wildman–Crippen MR) is 103 cm³/mol. The number of carbonyl (C=O) groups excluding carboxylic acids is 1. The van der Waals surface area contributed by atoms with E-state index in [-0.39, 0.29) is 17.7 Å². The van der Waals surface area contributed by atoms with E-state index in [2.05, 4.69) is 20.4 Å². The third kappa shape index (κ3) is 3.71. The summed E-state index contributed by atoms with van der Waals surface area (Å²) in [4.78, 5) is 32.4. The minimum Gasteiger partial charge on any atom is -0.481 e. The first-order valence-electron chi connectivity index (χ1n) is 9.28. The third-order valence-corrected chi connectivity index (χ3v) is 5.30. The molecule has 0 bridgehead atoms. The highest BCUT2D eigenvalue weighted by Crippen LogP contribution is 2.30. The zero-order valence-corrected chi connectivity index (χ0v) is 15.5. The number of hydrogen-bond acceptors (Lipinski definition) is 5. The molecule has 2 N–H and O–H groups in total. The molecule has 1 saturated carbocycles. The molecule has 3 aromatic heterocycles. The molecule has 4 rings (SSSR count). The molecule has 0 saturated heterocycles. The van der Waals surface area contributed by atoms with Crippen molar-refractivity contribution in [2.75, 3.05) is 5.32 Å². The smallest absolute Gasteiger partial charge is 0.306 e. The second-order valence-corrected chi connectivity index (χ2v) is 7.26. The van der Waals surface area contributed by atoms with Crippen molar-refractivity contribution in [2.45, 2.75) is 25.7 Å². The van der Waals surface area contributed by atoms with Gasteiger partial charge in [-0.3, -0.25) is 19.3 Å². The number of amides is 1. The van der Waals surface area contributed by atoms with Crippen LogP contribution in [0, 0.1) is 11.8 Å². The molecule has 1 aliphatic rings. The Hall–Kier alpha value is -3.29. The van der Waals surface area contributed by atoms with Gasteiger partial charge in [0.15, 0.2) is 0 Å². The fraction of sp³-hybridized carbons (Fsp3) is 0.350. The van der Waals surface area contributed by atoms with Gasteiger partial charge in [-0.2, -0.15) is 5.10 Å². The van der Waals surface area contributed by atoms with Crippen molar-refractivity contribution in [3.05, 3.63) is 36.9 Å². The monoisotopic (exact) mass is 379 g/mol. The first kappa shape index (κ1) is 18.1. The Bertz CT molecular complexity index is 1040. The average molecular weight is 379 g/mol. The summed E-state index contributed by atoms with van der Waals surface area (Å²) in [5.74, 6) is -0.885. The first-order chi connectivity index (χ1) is 13.5. The summed E-state index contributed by atoms with van der Waals surface area (Å²) in [6.45, 7) is 0. The maximum Gasteiger partial charge on any atom is 0.306 e. The van der Waals surface area contributed by atoms with Gasteiger partial charge in [-0.25, -0.2) is 4.98 Å². The average Bonchev–Trinajstić information content (AvgIpc) is 3.14. The second kappa shape index (κ2) is 7.38. The van der Waals surface area contributed by atoms with Gasteiger partial charge in [0.1, 0.15) is 5.82 Å². The molecule has 28 heavy (non-hydrogen) atoms. The van der Waals surface area contributed by atoms with Crippen LogP contribution in [0.5, 0.6) is 0 Å². The normalized spacial score (nSPS) is 19.5. The summed E-state index contributed by atoms with van der Waals surface area (Å²) in [5.41, 5.74) is 1.72. The molecule has 0 unspecified atom stereocenters. The molecule has 8 heteroatoms. The summed E-state index contributed by atoms with van der Waals surface area (Å²) in [6.07, 6.45) is 9.35. The molecule has 1 fully saturated rings. The van der Waals surface area contributed by atoms with Gasteiger partial charge in [-0.15, -0.1) is 0 Å². The second-order valence-electron chi connectivity index (χ2n) is 7.26. The van der Waals surface area contributed by atoms with Crippen LogP contribution in [0.25, 0.3) is 22.0 Å². The summed E-state index contributed by atoms with van der Waals surface area (Å²) < 4.78 is 1.72. The highest BCUT2D eigenvalue weighted by Gasteiger charge is 2.29. The fourth-order valence-corrected chi connectivity index (χ4v) is 3.65. The number of carbonyl (C=O) groups is 2. The SMILES string of the molecule is Cn1cc(-c2cc3cc(NC(=O)[C@H]4CC[C@H](C(=O)O)CC4)ncc3cn2)cn1. The third-order valence-electron chi connectivity index (χ3n) is 5.30. The zero-order valence-electron chi connectivity index (χ0n) is 15.5. The molecule has 0 aliphatic heterocycles. The number of aliphatic carboxylic acids is 1. The molecule has 0 radical (unpaired) electrons. The Morgan fingerprint density at radius 2 is 1.75 bits per heavy atom. The fourth-order valence-electron chi connectivity index (χ4n) is 3.65. The van der Waals surface area contributed by atoms with E-state index in [0.717, 1.165) is 22.0 Å². The van der Waals surface area contributed by atoms with Crippen molar-refractivity contribution >= 4 is 28.5 Å². The minimum absolute atomic E-state index is 0.0998. The van der Waals surface area contributed by atoms with Gasteiger partial charge in [0, 0.05) is 42.5 Å². The number of aromatic nitrogens is 4. The van der Waals surface area contributed by atoms with E-state index in [1.807, 2.05) is 25.4 Å². The minimum atomic E-state index is -0.770. The Morgan fingerprint density at radius 3 is 2.43 bits per heavy atom. The summed E-state index contributed by atoms with van der Waals surface area (Å²) >= 11 is 0. The topological polar surface area (TPSA) is 110 Å². The van der Waals surface area contributed by atoms with Crippen LogP contribution in [0.15, 0.2) is 36.9 Å². The molecule has 0 spiro atoms. The highest BCUT2D eigenvalue weighted by atomic mass is 16.4. The number of aryl methyl sites for hydroxylation is 1. The number of carboxylic acid groups (broad SMARTS) is 1. The molecule has 3 heterocycles. The molecule has 144 valence electrons. The van der Waals surface area contributed by atoms with Crippen LogP contribution >= 0.6 is 0 Å². The van der Waals surface area contributed by atoms with Crippen LogP contribution in [-0.2, 0) is 16.6 Å². The lowest BCUT2D eigenvalue weighted by Gasteiger charge is -2.25. The van der Waals surface area contributed by atoms with Crippen LogP contribution in [-0.4, -0.2) is 36.7 Å². The van der Waals surface area contributed by atoms with E-state index in [1.165, 1.54) is 0 Å². The zero-order chi connectivity index (χ0) is 19.7. The number of nitrogens with one attached hydrogen (secondary N) is 1. The van der Waals surface area contributed by atoms with Crippen LogP contribution in [0.4, 0.5) is 5.82 Å². The summed E-state index contributed by atoms with van der Waals surface area (Å²) in [7, 11) is 1.85. The lowest BCUT2D eigenvalue weighted by molar-refractivity contribution is -0.143. The van der Waals surface area contributed by atoms with Gasteiger partial charge < -0.3 is 10.4 Å². The number of rotatable bonds is 4. The molecular weight excluding hydrogens is 358 g/mol. The maximum atomic E-state index is 12.5. The number of hydrogen-bond donors (Lipinski definition) is 2. The van der Waals surface area contributed by atoms with Gasteiger partial charge in [0.25, 0.3) is 0 Å². The van der Waals surface area contributed by atoms with Gasteiger partial charge in [-0.05, 0) is 43.2 Å². The quantitative estimate of drug-likeness (QED) is 0.721. The molecular formula is C20H21N5O3. The van der Waals surface area contributed by atoms with E-state index in [1.54, 1.807) is 23.3 Å². The van der Waals surface area contributed by atoms with E-state index in [4.69, 9.17) is 5.11 Å². The number of anilines is 1. The van der Waals surface area contributed by atoms with Crippen molar-refractivity contribution < 1.29 is 14.7 Å². The van der Waals surface area contributed by atoms with Crippen molar-refractivity contribution in [3.63, 3.8) is 0 Å². The van der Waals surface area contributed by atoms with Crippen LogP contribution < -0.4 is 5.32 Å². The van der Waals surface area contributed by atoms with Crippen molar-refractivity contribution in [1.29, 1.82) is 0 Å². The Morgan fingerprint density at radius 1 is 1.04 bits per heavy atom. The van der Waals surface area contributed by atoms with Crippen molar-refractivity contribution in [3.8, 4) is 11.3 Å². The number of pyridine rings is 2. The Kier molecular flexibility index (Phi) is 4.77. The summed E-state index contributed by atoms with van der Waals surface area (Å²) in [5, 5.41) is 17.9. The van der Waals surface area contributed by atoms with E-state index in [9.17, 15) is 9.59 Å². The van der Waals surface area contributed by atoms with Crippen LogP contribution in [0.3, 0.4) is 0 Å². The van der Waals surface area contributed by atoms with Gasteiger partial charge in [0.05, 0.1) is 17.8 Å². The number of carboxylic acids is 1. The Labute approximate surface area is 161 Å². The molecule has 0 aromatic carbocycles. The van der Waals surface area contributed by atoms with Crippen molar-refractivity contribution in [1.82, 2.24) is 19.7 Å². The van der Waals surface area contributed by atoms with Crippen LogP contribution in [0.1, 0.15) is 25.7 Å². The molecule has 3 aromatic rings. The Balaban J connectivity index is 1.49. The molecule has 1 aliphatic carbocycles. The van der Waals surface area contributed by atoms with Crippen molar-refractivity contribution in [2.24, 2.45) is 18.9 Å². The first-order valence-corrected chi connectivity index (χ1v) is 9.28. The van der Waals surface area contributed by atoms with E-state index >= 15 is 0 Å². The predicted octanol–water partition coefficient (Wildman–Crippen LogP) is 2.86. The lowest BCUT2D eigenvalue weighted by atomic mass is 9.81. The van der Waals surface area contributed by atoms with Crippen LogP contribution in [0.2, 0.25) is 0 Å². The van der Waals surface area contributed by atoms with Gasteiger partial charge >= 0.3 is 5.97 Å².